The topological polar surface area (TPSA) is 269 Å². The number of aliphatic hydroxyl groups is 2. The highest BCUT2D eigenvalue weighted by molar-refractivity contribution is 6.30. The number of ether oxygens (including phenoxy) is 1. The molecule has 11 rings (SSSR count). The van der Waals surface area contributed by atoms with Crippen LogP contribution in [0.25, 0.3) is 0 Å². The largest absolute Gasteiger partial charge is 0.458 e. The van der Waals surface area contributed by atoms with Gasteiger partial charge in [0.2, 0.25) is 5.91 Å². The van der Waals surface area contributed by atoms with Crippen LogP contribution in [0.4, 0.5) is 15.9 Å². The Morgan fingerprint density at radius 3 is 1.47 bits per heavy atom. The van der Waals surface area contributed by atoms with Crippen molar-refractivity contribution in [2.24, 2.45) is 94.5 Å². The van der Waals surface area contributed by atoms with Gasteiger partial charge in [-0.15, -0.1) is 0 Å². The van der Waals surface area contributed by atoms with Crippen molar-refractivity contribution < 1.29 is 53.1 Å². The molecule has 7 saturated carbocycles. The Labute approximate surface area is 629 Å². The maximum absolute atomic E-state index is 13.9. The number of nitro benzene ring substituents is 1. The van der Waals surface area contributed by atoms with Crippen molar-refractivity contribution in [2.45, 2.75) is 288 Å². The highest BCUT2D eigenvalue weighted by Gasteiger charge is 2.47. The van der Waals surface area contributed by atoms with Gasteiger partial charge in [-0.3, -0.25) is 39.0 Å². The number of ketones is 1. The third-order valence-electron chi connectivity index (χ3n) is 22.9. The minimum absolute atomic E-state index is 0.00463. The van der Waals surface area contributed by atoms with Crippen LogP contribution in [0.15, 0.2) is 54.6 Å². The molecule has 5 N–H and O–H groups in total. The molecular weight excluding hydrogens is 1340 g/mol. The number of nitrogens with two attached hydrogens (primary N) is 1. The fraction of sp³-hybridized carbons (Fsp3) is 0.726. The highest BCUT2D eigenvalue weighted by atomic mass is 35.5. The molecule has 1 aromatic heterocycles. The number of amides is 3. The van der Waals surface area contributed by atoms with Gasteiger partial charge in [0.25, 0.3) is 17.5 Å². The van der Waals surface area contributed by atoms with E-state index in [0.29, 0.717) is 99.5 Å². The maximum Gasteiger partial charge on any atom is 0.338 e. The first kappa shape index (κ1) is 90.5. The number of aliphatic hydroxyl groups excluding tert-OH is 2. The number of hydrogen-bond donors (Lipinski definition) is 4. The molecule has 3 unspecified atom stereocenters. The molecule has 0 bridgehead atoms. The molecule has 0 spiro atoms. The van der Waals surface area contributed by atoms with Crippen LogP contribution in [-0.2, 0) is 19.2 Å². The Hall–Kier alpha value is -5.91. The third kappa shape index (κ3) is 29.3. The number of Topliss-reactive ketones (excluding diaryl/α,β-unsaturated/α-hetero) is 1. The molecule has 584 valence electrons. The van der Waals surface area contributed by atoms with Gasteiger partial charge >= 0.3 is 5.97 Å². The van der Waals surface area contributed by atoms with E-state index >= 15 is 0 Å². The number of anilines is 1. The number of halogens is 2. The normalized spacial score (nSPS) is 20.2. The lowest BCUT2D eigenvalue weighted by Gasteiger charge is -2.31. The van der Waals surface area contributed by atoms with Gasteiger partial charge < -0.3 is 26.0 Å². The SMILES string of the molecule is CC[C@H](C)C(=O)C1CC1.CC[C@H](C)C(=O)N(C)OC.CC[C@H](C)C(O)C1CC1.CC[C@H](C)C(O)C1CC1.CC[C@H](C)C(OC(=O)c1ccc([N+](=O)[O-])cc1)C1CC1.CC[C@H](C)[C@@H](C1CC1)N1C(=O)c2ccccc2C1=O.CC[C@H](C)[C@H](N)C1CC1.CC[C@H](C)[C@H](Nc1nc(Cl)c(C#N)cc1F)C1CC1. The number of carbonyl (C=O) groups is 5. The summed E-state index contributed by atoms with van der Waals surface area (Å²) in [5.41, 5.74) is 7.48. The van der Waals surface area contributed by atoms with E-state index in [4.69, 9.17) is 32.2 Å². The van der Waals surface area contributed by atoms with Gasteiger partial charge in [0, 0.05) is 55.1 Å². The summed E-state index contributed by atoms with van der Waals surface area (Å²) in [5.74, 6) is 7.08. The van der Waals surface area contributed by atoms with Crippen LogP contribution in [0, 0.1) is 116 Å². The number of hydroxylamine groups is 2. The minimum atomic E-state index is -0.519. The first-order valence-corrected chi connectivity index (χ1v) is 40.2. The molecule has 0 radical (unpaired) electrons. The summed E-state index contributed by atoms with van der Waals surface area (Å²) in [7, 11) is 3.11. The third-order valence-corrected chi connectivity index (χ3v) is 23.2. The second kappa shape index (κ2) is 45.0. The van der Waals surface area contributed by atoms with Gasteiger partial charge in [0.1, 0.15) is 23.1 Å². The van der Waals surface area contributed by atoms with Gasteiger partial charge in [0.15, 0.2) is 11.6 Å². The number of non-ortho nitro benzene ring substituents is 1. The molecule has 7 aliphatic carbocycles. The number of nitrogens with one attached hydrogen (secondary N) is 1. The summed E-state index contributed by atoms with van der Waals surface area (Å²) < 4.78 is 19.5. The van der Waals surface area contributed by atoms with Crippen molar-refractivity contribution in [3.8, 4) is 6.07 Å². The summed E-state index contributed by atoms with van der Waals surface area (Å²) in [6, 6.07) is 16.5. The number of aromatic nitrogens is 1. The fourth-order valence-corrected chi connectivity index (χ4v) is 12.8. The summed E-state index contributed by atoms with van der Waals surface area (Å²) >= 11 is 5.85. The van der Waals surface area contributed by atoms with E-state index in [1.54, 1.807) is 19.2 Å². The summed E-state index contributed by atoms with van der Waals surface area (Å²) in [4.78, 5) is 79.7. The molecule has 104 heavy (non-hydrogen) atoms. The lowest BCUT2D eigenvalue weighted by atomic mass is 9.93. The van der Waals surface area contributed by atoms with Crippen LogP contribution in [0.5, 0.6) is 0 Å². The summed E-state index contributed by atoms with van der Waals surface area (Å²) in [6.45, 7) is 33.7. The van der Waals surface area contributed by atoms with E-state index < -0.39 is 16.7 Å². The molecule has 1 aliphatic heterocycles. The average molecular weight is 1470 g/mol. The van der Waals surface area contributed by atoms with Gasteiger partial charge in [-0.25, -0.2) is 19.2 Å². The van der Waals surface area contributed by atoms with Gasteiger partial charge in [-0.2, -0.15) is 5.26 Å². The Morgan fingerprint density at radius 2 is 1.10 bits per heavy atom. The Balaban J connectivity index is 0.000000258. The molecule has 3 aromatic rings. The van der Waals surface area contributed by atoms with Crippen molar-refractivity contribution in [3.05, 3.63) is 97.9 Å². The van der Waals surface area contributed by atoms with Gasteiger partial charge in [0.05, 0.1) is 46.5 Å². The number of nitriles is 1. The van der Waals surface area contributed by atoms with E-state index in [2.05, 4.69) is 100 Å². The summed E-state index contributed by atoms with van der Waals surface area (Å²) in [6.07, 6.45) is 25.2. The molecule has 2 heterocycles. The molecule has 3 amide bonds. The molecule has 7 fully saturated rings. The van der Waals surface area contributed by atoms with Crippen LogP contribution in [0.1, 0.15) is 289 Å². The number of carbonyl (C=O) groups excluding carboxylic acids is 5. The van der Waals surface area contributed by atoms with Gasteiger partial charge in [-0.05, 0) is 204 Å². The Bertz CT molecular complexity index is 3060. The number of fused-ring (bicyclic) bond motifs is 1. The number of esters is 1. The Morgan fingerprint density at radius 1 is 0.654 bits per heavy atom. The van der Waals surface area contributed by atoms with Crippen LogP contribution >= 0.6 is 11.6 Å². The number of imide groups is 1. The first-order chi connectivity index (χ1) is 49.4. The van der Waals surface area contributed by atoms with Gasteiger partial charge in [-0.1, -0.05) is 173 Å². The van der Waals surface area contributed by atoms with Crippen molar-refractivity contribution in [3.63, 3.8) is 0 Å². The predicted molar refractivity (Wildman–Crippen MR) is 414 cm³/mol. The highest BCUT2D eigenvalue weighted by Crippen LogP contribution is 2.44. The van der Waals surface area contributed by atoms with Crippen molar-refractivity contribution >= 4 is 52.6 Å². The molecule has 0 saturated heterocycles. The number of benzene rings is 2. The van der Waals surface area contributed by atoms with Crippen molar-refractivity contribution in [1.82, 2.24) is 14.9 Å². The number of hydrogen-bond acceptors (Lipinski definition) is 15. The maximum atomic E-state index is 13.9. The lowest BCUT2D eigenvalue weighted by Crippen LogP contribution is -2.45. The van der Waals surface area contributed by atoms with E-state index in [1.165, 1.54) is 99.1 Å². The lowest BCUT2D eigenvalue weighted by molar-refractivity contribution is -0.384. The average Bonchev–Trinajstić information content (AvgIpc) is 1.56. The van der Waals surface area contributed by atoms with Crippen LogP contribution in [0.2, 0.25) is 5.15 Å². The van der Waals surface area contributed by atoms with E-state index in [9.17, 15) is 48.7 Å². The van der Waals surface area contributed by atoms with Crippen LogP contribution in [-0.4, -0.2) is 110 Å². The molecule has 14 atom stereocenters. The molecule has 18 nitrogen and oxygen atoms in total. The monoisotopic (exact) mass is 1470 g/mol. The predicted octanol–water partition coefficient (Wildman–Crippen LogP) is 19.1. The van der Waals surface area contributed by atoms with Crippen molar-refractivity contribution in [2.75, 3.05) is 19.5 Å². The van der Waals surface area contributed by atoms with E-state index in [1.807, 2.05) is 39.0 Å². The van der Waals surface area contributed by atoms with E-state index in [0.717, 1.165) is 101 Å². The van der Waals surface area contributed by atoms with Crippen molar-refractivity contribution in [1.29, 1.82) is 5.26 Å². The smallest absolute Gasteiger partial charge is 0.338 e. The quantitative estimate of drug-likeness (QED) is 0.0159. The van der Waals surface area contributed by atoms with E-state index in [-0.39, 0.29) is 76.3 Å². The molecule has 2 aromatic carbocycles. The second-order valence-electron chi connectivity index (χ2n) is 31.3. The first-order valence-electron chi connectivity index (χ1n) is 39.8. The van der Waals surface area contributed by atoms with Crippen LogP contribution < -0.4 is 11.1 Å². The minimum Gasteiger partial charge on any atom is -0.458 e. The number of nitro groups is 1. The fourth-order valence-electron chi connectivity index (χ4n) is 12.6. The number of rotatable bonds is 30. The zero-order valence-electron chi connectivity index (χ0n) is 66.5. The number of pyridine rings is 1. The molecular formula is C84H133ClFN7O11. The van der Waals surface area contributed by atoms with Crippen LogP contribution in [0.3, 0.4) is 0 Å². The zero-order valence-corrected chi connectivity index (χ0v) is 67.3. The molecule has 20 heteroatoms. The standard InChI is InChI=1S/C16H19NO2.C15H19NO4.C14H17ClFN3.C8H17N.2C8H16O.C8H14O.C7H15NO2/c1-3-10(2)14(11-8-9-11)17-15(18)12-6-4-5-7-13(12)16(17)19;1-3-10(2)14(11-4-5-11)20-15(17)12-6-8-13(9-7-12)16(18)19;1-3-8(2)12(9-4-5-9)18-14-11(16)6-10(7-17)13(15)19-14;4*1-3-6(2)8(9)7-4-5-7;1-5-6(2)7(9)8(3)10-4/h4-7,10-11,14H,3,8-9H2,1-2H3;6-11,14H,3-5H2,1-2H3;6,8-9,12H,3-5H2,1-2H3,(H,18,19);6-8H,3-5,9H2,1-2H3;2*6-9H,3-5H2,1-2H3;6-7H,3-5H2,1-2H3;6H,5H2,1-4H3/t10-,14-;10-,14?;8-,12-;6-,8-;2*6-,8?;2*6-/m00000000/s1. The summed E-state index contributed by atoms with van der Waals surface area (Å²) in [5, 5.41) is 42.7. The second-order valence-corrected chi connectivity index (χ2v) is 31.7. The zero-order chi connectivity index (χ0) is 77.8. The Kier molecular flexibility index (Phi) is 39.2. The molecule has 8 aliphatic rings. The number of nitrogens with zero attached hydrogens (tertiary/aromatic N) is 5.